The summed E-state index contributed by atoms with van der Waals surface area (Å²) in [6.45, 7) is 2.83. The van der Waals surface area contributed by atoms with E-state index in [0.29, 0.717) is 29.9 Å². The number of hydrogen-bond acceptors (Lipinski definition) is 6. The zero-order chi connectivity index (χ0) is 15.9. The third-order valence-electron chi connectivity index (χ3n) is 4.21. The normalized spacial score (nSPS) is 20.8. The molecule has 1 aliphatic heterocycles. The quantitative estimate of drug-likeness (QED) is 0.845. The number of piperidine rings is 1. The highest BCUT2D eigenvalue weighted by molar-refractivity contribution is 7.89. The lowest BCUT2D eigenvalue weighted by molar-refractivity contribution is 0.190. The van der Waals surface area contributed by atoms with Crippen LogP contribution in [-0.4, -0.2) is 61.0 Å². The maximum atomic E-state index is 12.8. The summed E-state index contributed by atoms with van der Waals surface area (Å²) in [4.78, 5) is 6.35. The van der Waals surface area contributed by atoms with Crippen molar-refractivity contribution in [2.45, 2.75) is 30.7 Å². The highest BCUT2D eigenvalue weighted by Gasteiger charge is 2.31. The maximum absolute atomic E-state index is 12.8. The number of aromatic nitrogens is 2. The second kappa shape index (κ2) is 5.60. The molecule has 8 heteroatoms. The third kappa shape index (κ3) is 2.62. The summed E-state index contributed by atoms with van der Waals surface area (Å²) >= 11 is 0. The minimum atomic E-state index is -3.54. The first kappa shape index (κ1) is 15.4. The molecule has 2 aromatic rings. The number of nitrogens with zero attached hydrogens (tertiary/aromatic N) is 4. The van der Waals surface area contributed by atoms with Crippen LogP contribution in [0.5, 0.6) is 0 Å². The minimum absolute atomic E-state index is 0.200. The topological polar surface area (TPSA) is 79.5 Å². The summed E-state index contributed by atoms with van der Waals surface area (Å²) < 4.78 is 32.3. The molecule has 1 unspecified atom stereocenters. The molecular weight excluding hydrogens is 304 g/mol. The Labute approximate surface area is 129 Å². The monoisotopic (exact) mass is 324 g/mol. The molecule has 2 aromatic heterocycles. The van der Waals surface area contributed by atoms with Gasteiger partial charge in [0.25, 0.3) is 5.71 Å². The van der Waals surface area contributed by atoms with E-state index in [4.69, 9.17) is 4.52 Å². The van der Waals surface area contributed by atoms with Crippen LogP contribution < -0.4 is 0 Å². The van der Waals surface area contributed by atoms with Crippen LogP contribution in [-0.2, 0) is 10.0 Å². The molecule has 0 radical (unpaired) electrons. The average Bonchev–Trinajstić information content (AvgIpc) is 2.88. The third-order valence-corrected chi connectivity index (χ3v) is 6.04. The van der Waals surface area contributed by atoms with Gasteiger partial charge in [-0.25, -0.2) is 13.4 Å². The van der Waals surface area contributed by atoms with Gasteiger partial charge in [-0.15, -0.1) is 0 Å². The Morgan fingerprint density at radius 3 is 2.91 bits per heavy atom. The van der Waals surface area contributed by atoms with Gasteiger partial charge in [0, 0.05) is 19.1 Å². The van der Waals surface area contributed by atoms with Crippen LogP contribution in [0.4, 0.5) is 0 Å². The fourth-order valence-corrected chi connectivity index (χ4v) is 4.27. The van der Waals surface area contributed by atoms with Gasteiger partial charge in [-0.05, 0) is 39.9 Å². The zero-order valence-electron chi connectivity index (χ0n) is 13.0. The smallest absolute Gasteiger partial charge is 0.257 e. The van der Waals surface area contributed by atoms with Crippen LogP contribution in [0.15, 0.2) is 21.7 Å². The van der Waals surface area contributed by atoms with Crippen LogP contribution >= 0.6 is 0 Å². The fourth-order valence-electron chi connectivity index (χ4n) is 2.78. The van der Waals surface area contributed by atoms with Gasteiger partial charge in [-0.3, -0.25) is 0 Å². The van der Waals surface area contributed by atoms with Crippen molar-refractivity contribution in [1.29, 1.82) is 0 Å². The lowest BCUT2D eigenvalue weighted by Crippen LogP contribution is -2.47. The predicted molar refractivity (Wildman–Crippen MR) is 82.0 cm³/mol. The zero-order valence-corrected chi connectivity index (χ0v) is 13.8. The van der Waals surface area contributed by atoms with E-state index in [0.717, 1.165) is 12.8 Å². The minimum Gasteiger partial charge on any atom is -0.336 e. The first-order valence-electron chi connectivity index (χ1n) is 7.28. The van der Waals surface area contributed by atoms with Crippen molar-refractivity contribution < 1.29 is 12.9 Å². The molecule has 1 saturated heterocycles. The molecule has 0 amide bonds. The predicted octanol–water partition coefficient (Wildman–Crippen LogP) is 1.25. The van der Waals surface area contributed by atoms with Gasteiger partial charge in [-0.2, -0.15) is 4.31 Å². The Hall–Kier alpha value is -1.51. The number of aryl methyl sites for hydroxylation is 1. The Morgan fingerprint density at radius 2 is 2.18 bits per heavy atom. The van der Waals surface area contributed by atoms with E-state index >= 15 is 0 Å². The molecule has 0 N–H and O–H groups in total. The van der Waals surface area contributed by atoms with E-state index in [1.165, 1.54) is 6.20 Å². The molecular formula is C14H20N4O3S. The number of likely N-dealkylation sites (N-methyl/N-ethyl adjacent to an activating group) is 1. The van der Waals surface area contributed by atoms with Crippen LogP contribution in [0.25, 0.3) is 11.1 Å². The van der Waals surface area contributed by atoms with E-state index in [9.17, 15) is 8.42 Å². The molecule has 0 spiro atoms. The molecule has 22 heavy (non-hydrogen) atoms. The molecule has 0 saturated carbocycles. The van der Waals surface area contributed by atoms with Crippen LogP contribution in [0.2, 0.25) is 0 Å². The Kier molecular flexibility index (Phi) is 3.92. The second-order valence-corrected chi connectivity index (χ2v) is 7.85. The molecule has 1 atom stereocenters. The van der Waals surface area contributed by atoms with Crippen molar-refractivity contribution in [1.82, 2.24) is 19.3 Å². The Morgan fingerprint density at radius 1 is 1.41 bits per heavy atom. The van der Waals surface area contributed by atoms with E-state index in [1.54, 1.807) is 17.3 Å². The van der Waals surface area contributed by atoms with Crippen molar-refractivity contribution in [3.05, 3.63) is 18.0 Å². The first-order valence-corrected chi connectivity index (χ1v) is 8.72. The number of sulfonamides is 1. The lowest BCUT2D eigenvalue weighted by atomic mass is 10.1. The van der Waals surface area contributed by atoms with E-state index < -0.39 is 10.0 Å². The van der Waals surface area contributed by atoms with Crippen molar-refractivity contribution in [2.24, 2.45) is 0 Å². The van der Waals surface area contributed by atoms with Gasteiger partial charge in [0.2, 0.25) is 10.0 Å². The van der Waals surface area contributed by atoms with Crippen molar-refractivity contribution >= 4 is 21.1 Å². The van der Waals surface area contributed by atoms with E-state index in [-0.39, 0.29) is 10.9 Å². The molecule has 120 valence electrons. The van der Waals surface area contributed by atoms with Gasteiger partial charge >= 0.3 is 0 Å². The molecule has 1 aliphatic rings. The molecule has 0 bridgehead atoms. The SMILES string of the molecule is Cc1noc2ncc(S(=O)(=O)N3CCCC(N(C)C)C3)cc12. The largest absolute Gasteiger partial charge is 0.336 e. The van der Waals surface area contributed by atoms with E-state index in [1.807, 2.05) is 14.1 Å². The molecule has 1 fully saturated rings. The highest BCUT2D eigenvalue weighted by atomic mass is 32.2. The Balaban J connectivity index is 1.95. The number of pyridine rings is 1. The van der Waals surface area contributed by atoms with Crippen LogP contribution in [0, 0.1) is 6.92 Å². The van der Waals surface area contributed by atoms with Crippen molar-refractivity contribution in [2.75, 3.05) is 27.2 Å². The molecule has 0 aliphatic carbocycles. The van der Waals surface area contributed by atoms with Crippen molar-refractivity contribution in [3.8, 4) is 0 Å². The molecule has 0 aromatic carbocycles. The molecule has 7 nitrogen and oxygen atoms in total. The molecule has 3 heterocycles. The summed E-state index contributed by atoms with van der Waals surface area (Å²) in [5, 5.41) is 4.46. The number of rotatable bonds is 3. The number of fused-ring (bicyclic) bond motifs is 1. The number of hydrogen-bond donors (Lipinski definition) is 0. The van der Waals surface area contributed by atoms with Gasteiger partial charge in [0.15, 0.2) is 0 Å². The molecule has 3 rings (SSSR count). The maximum Gasteiger partial charge on any atom is 0.257 e. The summed E-state index contributed by atoms with van der Waals surface area (Å²) in [5.74, 6) is 0. The highest BCUT2D eigenvalue weighted by Crippen LogP contribution is 2.25. The Bertz CT molecular complexity index is 784. The fraction of sp³-hybridized carbons (Fsp3) is 0.571. The second-order valence-electron chi connectivity index (χ2n) is 5.91. The van der Waals surface area contributed by atoms with Crippen molar-refractivity contribution in [3.63, 3.8) is 0 Å². The van der Waals surface area contributed by atoms with E-state index in [2.05, 4.69) is 15.0 Å². The summed E-state index contributed by atoms with van der Waals surface area (Å²) in [7, 11) is 0.422. The average molecular weight is 324 g/mol. The summed E-state index contributed by atoms with van der Waals surface area (Å²) in [6.07, 6.45) is 3.23. The summed E-state index contributed by atoms with van der Waals surface area (Å²) in [5.41, 5.74) is 1.01. The van der Waals surface area contributed by atoms with Gasteiger partial charge in [0.1, 0.15) is 4.90 Å². The summed E-state index contributed by atoms with van der Waals surface area (Å²) in [6, 6.07) is 1.85. The van der Waals surface area contributed by atoms with Crippen LogP contribution in [0.1, 0.15) is 18.5 Å². The lowest BCUT2D eigenvalue weighted by Gasteiger charge is -2.35. The first-order chi connectivity index (χ1) is 10.4. The standard InChI is InChI=1S/C14H20N4O3S/c1-10-13-7-12(8-15-14(13)21-16-10)22(19,20)18-6-4-5-11(9-18)17(2)3/h7-8,11H,4-6,9H2,1-3H3. The van der Waals surface area contributed by atoms with Crippen LogP contribution in [0.3, 0.4) is 0 Å². The van der Waals surface area contributed by atoms with Gasteiger partial charge in [0.05, 0.1) is 17.3 Å². The van der Waals surface area contributed by atoms with Gasteiger partial charge < -0.3 is 9.42 Å². The van der Waals surface area contributed by atoms with Gasteiger partial charge in [-0.1, -0.05) is 5.16 Å².